The fourth-order valence-electron chi connectivity index (χ4n) is 3.51. The summed E-state index contributed by atoms with van der Waals surface area (Å²) in [4.78, 5) is 30.7. The summed E-state index contributed by atoms with van der Waals surface area (Å²) in [7, 11) is 0. The standard InChI is InChI=1S/C21H26ClFN4O3/c1-21(2,3)20-25-18(30-26-20)7-8-19(29)27-11-15(13-5-4-6-14(23)9-13)16(12-27)24-17(28)10-22/h4-6,9,15-16H,7-8,10-12H2,1-3H3,(H,24,28)/t15-,16+/m0/s1. The molecule has 2 aromatic rings. The van der Waals surface area contributed by atoms with Crippen LogP contribution in [0.4, 0.5) is 4.39 Å². The highest BCUT2D eigenvalue weighted by Gasteiger charge is 2.37. The van der Waals surface area contributed by atoms with Crippen LogP contribution in [-0.4, -0.2) is 51.9 Å². The van der Waals surface area contributed by atoms with Gasteiger partial charge in [-0.2, -0.15) is 4.98 Å². The first-order chi connectivity index (χ1) is 14.2. The Bertz CT molecular complexity index is 912. The molecule has 2 heterocycles. The zero-order valence-corrected chi connectivity index (χ0v) is 18.1. The summed E-state index contributed by atoms with van der Waals surface area (Å²) in [5.41, 5.74) is 0.504. The van der Waals surface area contributed by atoms with Crippen LogP contribution in [0.3, 0.4) is 0 Å². The molecule has 0 saturated carbocycles. The Balaban J connectivity index is 1.67. The molecule has 30 heavy (non-hydrogen) atoms. The predicted molar refractivity (Wildman–Crippen MR) is 110 cm³/mol. The van der Waals surface area contributed by atoms with Crippen molar-refractivity contribution in [2.75, 3.05) is 19.0 Å². The molecule has 1 aromatic heterocycles. The van der Waals surface area contributed by atoms with E-state index >= 15 is 0 Å². The number of rotatable bonds is 6. The number of halogens is 2. The summed E-state index contributed by atoms with van der Waals surface area (Å²) >= 11 is 5.62. The molecule has 1 saturated heterocycles. The van der Waals surface area contributed by atoms with Crippen molar-refractivity contribution in [1.82, 2.24) is 20.4 Å². The van der Waals surface area contributed by atoms with Crippen LogP contribution in [0.1, 0.15) is 50.4 Å². The Morgan fingerprint density at radius 2 is 2.10 bits per heavy atom. The molecule has 0 unspecified atom stereocenters. The van der Waals surface area contributed by atoms with Gasteiger partial charge in [-0.1, -0.05) is 38.1 Å². The molecule has 1 N–H and O–H groups in total. The molecule has 2 atom stereocenters. The van der Waals surface area contributed by atoms with Crippen molar-refractivity contribution in [2.45, 2.75) is 51.0 Å². The zero-order chi connectivity index (χ0) is 21.9. The lowest BCUT2D eigenvalue weighted by Crippen LogP contribution is -2.41. The van der Waals surface area contributed by atoms with Gasteiger partial charge >= 0.3 is 0 Å². The molecule has 1 aromatic carbocycles. The molecule has 1 aliphatic heterocycles. The fraction of sp³-hybridized carbons (Fsp3) is 0.524. The maximum Gasteiger partial charge on any atom is 0.235 e. The largest absolute Gasteiger partial charge is 0.350 e. The molecule has 0 aliphatic carbocycles. The van der Waals surface area contributed by atoms with E-state index in [0.29, 0.717) is 31.2 Å². The molecule has 3 rings (SSSR count). The molecular weight excluding hydrogens is 411 g/mol. The molecule has 1 aliphatic rings. The monoisotopic (exact) mass is 436 g/mol. The minimum atomic E-state index is -0.356. The van der Waals surface area contributed by atoms with Gasteiger partial charge in [-0.05, 0) is 17.7 Å². The molecule has 0 radical (unpaired) electrons. The number of nitrogens with one attached hydrogen (secondary N) is 1. The number of aryl methyl sites for hydroxylation is 1. The Morgan fingerprint density at radius 1 is 1.33 bits per heavy atom. The summed E-state index contributed by atoms with van der Waals surface area (Å²) in [6.45, 7) is 6.67. The third-order valence-corrected chi connectivity index (χ3v) is 5.35. The van der Waals surface area contributed by atoms with Crippen molar-refractivity contribution < 1.29 is 18.5 Å². The molecule has 162 valence electrons. The van der Waals surface area contributed by atoms with Crippen LogP contribution in [-0.2, 0) is 21.4 Å². The van der Waals surface area contributed by atoms with Gasteiger partial charge in [-0.25, -0.2) is 4.39 Å². The Kier molecular flexibility index (Phi) is 6.75. The van der Waals surface area contributed by atoms with E-state index in [2.05, 4.69) is 15.5 Å². The summed E-state index contributed by atoms with van der Waals surface area (Å²) in [6, 6.07) is 5.89. The third-order valence-electron chi connectivity index (χ3n) is 5.11. The predicted octanol–water partition coefficient (Wildman–Crippen LogP) is 2.79. The van der Waals surface area contributed by atoms with E-state index in [9.17, 15) is 14.0 Å². The summed E-state index contributed by atoms with van der Waals surface area (Å²) in [5.74, 6) is -0.138. The second-order valence-electron chi connectivity index (χ2n) is 8.53. The Labute approximate surface area is 180 Å². The van der Waals surface area contributed by atoms with E-state index in [0.717, 1.165) is 5.56 Å². The van der Waals surface area contributed by atoms with Gasteiger partial charge in [0.05, 0.1) is 6.04 Å². The van der Waals surface area contributed by atoms with Crippen LogP contribution < -0.4 is 5.32 Å². The molecule has 2 amide bonds. The van der Waals surface area contributed by atoms with Crippen molar-refractivity contribution >= 4 is 23.4 Å². The maximum absolute atomic E-state index is 13.7. The number of aromatic nitrogens is 2. The molecular formula is C21H26ClFN4O3. The third kappa shape index (κ3) is 5.36. The highest BCUT2D eigenvalue weighted by atomic mass is 35.5. The minimum absolute atomic E-state index is 0.0884. The van der Waals surface area contributed by atoms with Crippen LogP contribution in [0, 0.1) is 5.82 Å². The van der Waals surface area contributed by atoms with E-state index in [-0.39, 0.29) is 47.3 Å². The van der Waals surface area contributed by atoms with Gasteiger partial charge in [0.15, 0.2) is 5.82 Å². The summed E-state index contributed by atoms with van der Waals surface area (Å²) in [6.07, 6.45) is 0.541. The van der Waals surface area contributed by atoms with Crippen LogP contribution in [0.25, 0.3) is 0 Å². The number of amides is 2. The number of carbonyl (C=O) groups is 2. The quantitative estimate of drug-likeness (QED) is 0.703. The van der Waals surface area contributed by atoms with Gasteiger partial charge in [-0.3, -0.25) is 9.59 Å². The van der Waals surface area contributed by atoms with Crippen LogP contribution >= 0.6 is 11.6 Å². The maximum atomic E-state index is 13.7. The van der Waals surface area contributed by atoms with Gasteiger partial charge in [0.1, 0.15) is 11.7 Å². The van der Waals surface area contributed by atoms with Gasteiger partial charge in [0.25, 0.3) is 0 Å². The molecule has 7 nitrogen and oxygen atoms in total. The fourth-order valence-corrected chi connectivity index (χ4v) is 3.58. The first-order valence-electron chi connectivity index (χ1n) is 9.89. The molecule has 0 bridgehead atoms. The van der Waals surface area contributed by atoms with Gasteiger partial charge in [0.2, 0.25) is 17.7 Å². The van der Waals surface area contributed by atoms with Crippen molar-refractivity contribution in [1.29, 1.82) is 0 Å². The van der Waals surface area contributed by atoms with Gasteiger partial charge in [0, 0.05) is 37.3 Å². The van der Waals surface area contributed by atoms with E-state index < -0.39 is 0 Å². The molecule has 0 spiro atoms. The van der Waals surface area contributed by atoms with E-state index in [4.69, 9.17) is 16.1 Å². The van der Waals surface area contributed by atoms with E-state index in [1.54, 1.807) is 17.0 Å². The van der Waals surface area contributed by atoms with Gasteiger partial charge in [-0.15, -0.1) is 11.6 Å². The highest BCUT2D eigenvalue weighted by molar-refractivity contribution is 6.27. The van der Waals surface area contributed by atoms with Crippen molar-refractivity contribution in [3.8, 4) is 0 Å². The Morgan fingerprint density at radius 3 is 2.73 bits per heavy atom. The van der Waals surface area contributed by atoms with Crippen LogP contribution in [0.15, 0.2) is 28.8 Å². The van der Waals surface area contributed by atoms with Crippen molar-refractivity contribution in [3.05, 3.63) is 47.4 Å². The van der Waals surface area contributed by atoms with Gasteiger partial charge < -0.3 is 14.7 Å². The minimum Gasteiger partial charge on any atom is -0.350 e. The van der Waals surface area contributed by atoms with Crippen LogP contribution in [0.2, 0.25) is 0 Å². The first kappa shape index (κ1) is 22.2. The SMILES string of the molecule is CC(C)(C)c1noc(CCC(=O)N2C[C@@H](NC(=O)CCl)[C@H](c3cccc(F)c3)C2)n1. The second kappa shape index (κ2) is 9.12. The number of carbonyl (C=O) groups excluding carboxylic acids is 2. The number of hydrogen-bond acceptors (Lipinski definition) is 5. The Hall–Kier alpha value is -2.48. The molecule has 9 heteroatoms. The van der Waals surface area contributed by atoms with Crippen LogP contribution in [0.5, 0.6) is 0 Å². The second-order valence-corrected chi connectivity index (χ2v) is 8.80. The van der Waals surface area contributed by atoms with E-state index in [1.807, 2.05) is 20.8 Å². The lowest BCUT2D eigenvalue weighted by atomic mass is 9.94. The smallest absolute Gasteiger partial charge is 0.235 e. The average molecular weight is 437 g/mol. The van der Waals surface area contributed by atoms with Crippen molar-refractivity contribution in [2.24, 2.45) is 0 Å². The number of nitrogens with zero attached hydrogens (tertiary/aromatic N) is 3. The number of likely N-dealkylation sites (tertiary alicyclic amines) is 1. The first-order valence-corrected chi connectivity index (χ1v) is 10.4. The van der Waals surface area contributed by atoms with E-state index in [1.165, 1.54) is 12.1 Å². The number of alkyl halides is 1. The summed E-state index contributed by atoms with van der Waals surface area (Å²) in [5, 5.41) is 6.82. The van der Waals surface area contributed by atoms with Crippen molar-refractivity contribution in [3.63, 3.8) is 0 Å². The molecule has 1 fully saturated rings. The topological polar surface area (TPSA) is 88.3 Å². The lowest BCUT2D eigenvalue weighted by Gasteiger charge is -2.19. The lowest BCUT2D eigenvalue weighted by molar-refractivity contribution is -0.130. The highest BCUT2D eigenvalue weighted by Crippen LogP contribution is 2.29. The zero-order valence-electron chi connectivity index (χ0n) is 17.3. The number of hydrogen-bond donors (Lipinski definition) is 1. The summed E-state index contributed by atoms with van der Waals surface area (Å²) < 4.78 is 19.0. The number of benzene rings is 1. The average Bonchev–Trinajstić information content (AvgIpc) is 3.33. The normalized spacial score (nSPS) is 19.2.